The lowest BCUT2D eigenvalue weighted by atomic mass is 9.96. The molecule has 3 aromatic rings. The lowest BCUT2D eigenvalue weighted by Gasteiger charge is -2.32. The summed E-state index contributed by atoms with van der Waals surface area (Å²) >= 11 is 0. The van der Waals surface area contributed by atoms with E-state index in [9.17, 15) is 9.59 Å². The van der Waals surface area contributed by atoms with E-state index in [0.717, 1.165) is 24.2 Å². The molecule has 1 fully saturated rings. The molecule has 1 saturated heterocycles. The van der Waals surface area contributed by atoms with Gasteiger partial charge < -0.3 is 9.80 Å². The summed E-state index contributed by atoms with van der Waals surface area (Å²) in [6, 6.07) is 17.2. The molecule has 2 aromatic carbocycles. The van der Waals surface area contributed by atoms with Crippen molar-refractivity contribution in [3.63, 3.8) is 0 Å². The lowest BCUT2D eigenvalue weighted by molar-refractivity contribution is 0.0704. The third-order valence-corrected chi connectivity index (χ3v) is 5.65. The Morgan fingerprint density at radius 2 is 1.87 bits per heavy atom. The Morgan fingerprint density at radius 3 is 2.60 bits per heavy atom. The first-order valence-corrected chi connectivity index (χ1v) is 10.2. The summed E-state index contributed by atoms with van der Waals surface area (Å²) in [5, 5.41) is 4.54. The Balaban J connectivity index is 1.63. The molecule has 156 valence electrons. The first-order chi connectivity index (χ1) is 14.5. The molecule has 1 aromatic heterocycles. The largest absolute Gasteiger partial charge is 0.378 e. The predicted octanol–water partition coefficient (Wildman–Crippen LogP) is 2.66. The molecule has 2 heterocycles. The predicted molar refractivity (Wildman–Crippen MR) is 117 cm³/mol. The third-order valence-electron chi connectivity index (χ3n) is 5.65. The van der Waals surface area contributed by atoms with Crippen LogP contribution < -0.4 is 10.6 Å². The number of amides is 1. The van der Waals surface area contributed by atoms with Gasteiger partial charge in [-0.25, -0.2) is 14.0 Å². The molecule has 1 atom stereocenters. The number of hydrogen-bond acceptors (Lipinski definition) is 4. The van der Waals surface area contributed by atoms with Gasteiger partial charge in [-0.15, -0.1) is 0 Å². The molecular formula is C23H27N5O2. The average Bonchev–Trinajstić information content (AvgIpc) is 3.08. The number of aryl methyl sites for hydroxylation is 1. The zero-order chi connectivity index (χ0) is 21.3. The van der Waals surface area contributed by atoms with E-state index in [1.165, 1.54) is 4.68 Å². The molecule has 7 heteroatoms. The Kier molecular flexibility index (Phi) is 5.44. The van der Waals surface area contributed by atoms with Crippen LogP contribution in [0, 0.1) is 0 Å². The quantitative estimate of drug-likeness (QED) is 0.670. The number of nitrogens with zero attached hydrogens (tertiary/aromatic N) is 5. The van der Waals surface area contributed by atoms with Gasteiger partial charge >= 0.3 is 5.69 Å². The molecule has 30 heavy (non-hydrogen) atoms. The minimum atomic E-state index is -0.168. The van der Waals surface area contributed by atoms with Crippen LogP contribution in [0.3, 0.4) is 0 Å². The van der Waals surface area contributed by atoms with Crippen molar-refractivity contribution < 1.29 is 4.79 Å². The van der Waals surface area contributed by atoms with Gasteiger partial charge in [-0.3, -0.25) is 4.79 Å². The molecule has 7 nitrogen and oxygen atoms in total. The molecule has 1 aliphatic heterocycles. The number of carbonyl (C=O) groups excluding carboxylic acids is 1. The van der Waals surface area contributed by atoms with Crippen LogP contribution in [0.25, 0.3) is 5.69 Å². The highest BCUT2D eigenvalue weighted by molar-refractivity contribution is 5.95. The topological polar surface area (TPSA) is 63.4 Å². The zero-order valence-corrected chi connectivity index (χ0v) is 17.7. The summed E-state index contributed by atoms with van der Waals surface area (Å²) in [4.78, 5) is 29.8. The molecule has 1 amide bonds. The standard InChI is InChI=1S/C23H27N5O2/c1-25(2)20-13-7-9-17(15-20)22(29)27-14-8-10-18(16-27)21-24-26(3)23(30)28(21)19-11-5-4-6-12-19/h4-7,9,11-13,15,18H,8,10,14,16H2,1-3H3. The van der Waals surface area contributed by atoms with Gasteiger partial charge in [0.2, 0.25) is 0 Å². The molecule has 0 saturated carbocycles. The van der Waals surface area contributed by atoms with Crippen molar-refractivity contribution in [2.75, 3.05) is 32.1 Å². The Bertz CT molecular complexity index is 1100. The SMILES string of the molecule is CN(C)c1cccc(C(=O)N2CCCC(c3nn(C)c(=O)n3-c3ccccc3)C2)c1. The van der Waals surface area contributed by atoms with E-state index >= 15 is 0 Å². The number of carbonyl (C=O) groups is 1. The maximum absolute atomic E-state index is 13.2. The second-order valence-electron chi connectivity index (χ2n) is 7.97. The van der Waals surface area contributed by atoms with Crippen LogP contribution in [0.5, 0.6) is 0 Å². The molecule has 1 aliphatic rings. The van der Waals surface area contributed by atoms with E-state index in [1.807, 2.05) is 78.5 Å². The summed E-state index contributed by atoms with van der Waals surface area (Å²) in [7, 11) is 5.60. The van der Waals surface area contributed by atoms with Crippen LogP contribution >= 0.6 is 0 Å². The van der Waals surface area contributed by atoms with Gasteiger partial charge in [0, 0.05) is 51.4 Å². The fraction of sp³-hybridized carbons (Fsp3) is 0.348. The van der Waals surface area contributed by atoms with E-state index in [4.69, 9.17) is 0 Å². The summed E-state index contributed by atoms with van der Waals surface area (Å²) in [5.41, 5.74) is 2.31. The number of aromatic nitrogens is 3. The van der Waals surface area contributed by atoms with Crippen molar-refractivity contribution >= 4 is 11.6 Å². The second kappa shape index (κ2) is 8.18. The molecule has 4 rings (SSSR count). The van der Waals surface area contributed by atoms with Crippen LogP contribution in [0.1, 0.15) is 34.9 Å². The van der Waals surface area contributed by atoms with Gasteiger partial charge in [-0.05, 0) is 43.2 Å². The highest BCUT2D eigenvalue weighted by atomic mass is 16.2. The van der Waals surface area contributed by atoms with Gasteiger partial charge in [-0.2, -0.15) is 5.10 Å². The fourth-order valence-corrected chi connectivity index (χ4v) is 4.04. The summed E-state index contributed by atoms with van der Waals surface area (Å²) in [6.45, 7) is 1.26. The van der Waals surface area contributed by atoms with Crippen LogP contribution in [0.2, 0.25) is 0 Å². The molecule has 1 unspecified atom stereocenters. The van der Waals surface area contributed by atoms with Gasteiger partial charge in [0.1, 0.15) is 5.82 Å². The van der Waals surface area contributed by atoms with Crippen molar-refractivity contribution in [1.82, 2.24) is 19.2 Å². The molecule has 0 bridgehead atoms. The van der Waals surface area contributed by atoms with Crippen LogP contribution in [-0.4, -0.2) is 52.3 Å². The number of hydrogen-bond donors (Lipinski definition) is 0. The Labute approximate surface area is 176 Å². The third kappa shape index (κ3) is 3.75. The number of anilines is 1. The normalized spacial score (nSPS) is 16.5. The van der Waals surface area contributed by atoms with Crippen LogP contribution in [-0.2, 0) is 7.05 Å². The smallest absolute Gasteiger partial charge is 0.350 e. The first kappa shape index (κ1) is 19.9. The summed E-state index contributed by atoms with van der Waals surface area (Å²) < 4.78 is 3.05. The van der Waals surface area contributed by atoms with Gasteiger partial charge in [0.25, 0.3) is 5.91 Å². The highest BCUT2D eigenvalue weighted by Crippen LogP contribution is 2.28. The maximum atomic E-state index is 13.2. The van der Waals surface area contributed by atoms with Crippen molar-refractivity contribution in [1.29, 1.82) is 0 Å². The molecular weight excluding hydrogens is 378 g/mol. The molecule has 0 N–H and O–H groups in total. The van der Waals surface area contributed by atoms with E-state index in [-0.39, 0.29) is 17.5 Å². The summed E-state index contributed by atoms with van der Waals surface area (Å²) in [6.07, 6.45) is 1.77. The van der Waals surface area contributed by atoms with E-state index < -0.39 is 0 Å². The zero-order valence-electron chi connectivity index (χ0n) is 17.7. The number of rotatable bonds is 4. The number of para-hydroxylation sites is 1. The monoisotopic (exact) mass is 405 g/mol. The number of benzene rings is 2. The van der Waals surface area contributed by atoms with Gasteiger partial charge in [0.05, 0.1) is 5.69 Å². The van der Waals surface area contributed by atoms with E-state index in [0.29, 0.717) is 24.5 Å². The van der Waals surface area contributed by atoms with E-state index in [1.54, 1.807) is 11.6 Å². The number of piperidine rings is 1. The average molecular weight is 406 g/mol. The van der Waals surface area contributed by atoms with Crippen molar-refractivity contribution in [2.24, 2.45) is 7.05 Å². The number of likely N-dealkylation sites (tertiary alicyclic amines) is 1. The summed E-state index contributed by atoms with van der Waals surface area (Å²) in [5.74, 6) is 0.745. The van der Waals surface area contributed by atoms with Gasteiger partial charge in [0.15, 0.2) is 0 Å². The van der Waals surface area contributed by atoms with Crippen LogP contribution in [0.4, 0.5) is 5.69 Å². The molecule has 0 radical (unpaired) electrons. The Morgan fingerprint density at radius 1 is 1.10 bits per heavy atom. The van der Waals surface area contributed by atoms with Crippen molar-refractivity contribution in [3.05, 3.63) is 76.5 Å². The fourth-order valence-electron chi connectivity index (χ4n) is 4.04. The van der Waals surface area contributed by atoms with Crippen molar-refractivity contribution in [3.8, 4) is 5.69 Å². The minimum Gasteiger partial charge on any atom is -0.378 e. The molecule has 0 spiro atoms. The van der Waals surface area contributed by atoms with Crippen LogP contribution in [0.15, 0.2) is 59.4 Å². The Hall–Kier alpha value is -3.35. The maximum Gasteiger partial charge on any atom is 0.350 e. The lowest BCUT2D eigenvalue weighted by Crippen LogP contribution is -2.40. The second-order valence-corrected chi connectivity index (χ2v) is 7.97. The minimum absolute atomic E-state index is 0.00818. The first-order valence-electron chi connectivity index (χ1n) is 10.2. The highest BCUT2D eigenvalue weighted by Gasteiger charge is 2.30. The van der Waals surface area contributed by atoms with E-state index in [2.05, 4.69) is 5.10 Å². The van der Waals surface area contributed by atoms with Gasteiger partial charge in [-0.1, -0.05) is 24.3 Å². The molecule has 0 aliphatic carbocycles. The van der Waals surface area contributed by atoms with Crippen molar-refractivity contribution in [2.45, 2.75) is 18.8 Å².